The van der Waals surface area contributed by atoms with Crippen LogP contribution in [0.4, 0.5) is 4.39 Å². The van der Waals surface area contributed by atoms with Crippen molar-refractivity contribution in [2.24, 2.45) is 5.73 Å². The molecule has 0 unspecified atom stereocenters. The molecule has 0 bridgehead atoms. The molecule has 1 aliphatic carbocycles. The van der Waals surface area contributed by atoms with Crippen molar-refractivity contribution in [3.05, 3.63) is 59.5 Å². The second-order valence-electron chi connectivity index (χ2n) is 7.86. The number of aromatic nitrogens is 3. The highest BCUT2D eigenvalue weighted by Gasteiger charge is 2.34. The van der Waals surface area contributed by atoms with Crippen LogP contribution in [0.25, 0.3) is 5.65 Å². The molecule has 0 spiro atoms. The molecule has 5 rings (SSSR count). The summed E-state index contributed by atoms with van der Waals surface area (Å²) in [5.74, 6) is 1.51. The third kappa shape index (κ3) is 2.95. The van der Waals surface area contributed by atoms with Crippen molar-refractivity contribution in [3.63, 3.8) is 0 Å². The standard InChI is InChI=1S/C21H24FN5O/c1-26-11-13(22)10-18(26)21-25-24-20-9-6-14(12-27(20)21)28-19-8-7-17(23)15-4-2-3-5-16(15)19/h2-6,9,12-13,17-19H,7-8,10-11,23H2,1H3/t13-,17+,18+,19-/m1/s1. The summed E-state index contributed by atoms with van der Waals surface area (Å²) in [5, 5.41) is 8.58. The number of ether oxygens (including phenoxy) is 1. The van der Waals surface area contributed by atoms with Gasteiger partial charge >= 0.3 is 0 Å². The van der Waals surface area contributed by atoms with Crippen molar-refractivity contribution in [3.8, 4) is 5.75 Å². The van der Waals surface area contributed by atoms with E-state index in [2.05, 4.69) is 22.3 Å². The van der Waals surface area contributed by atoms with Gasteiger partial charge in [-0.15, -0.1) is 10.2 Å². The Bertz CT molecular complexity index is 1010. The first kappa shape index (κ1) is 17.6. The highest BCUT2D eigenvalue weighted by atomic mass is 19.1. The summed E-state index contributed by atoms with van der Waals surface area (Å²) in [6.07, 6.45) is 3.27. The van der Waals surface area contributed by atoms with Crippen LogP contribution >= 0.6 is 0 Å². The lowest BCUT2D eigenvalue weighted by atomic mass is 9.86. The molecule has 0 amide bonds. The Morgan fingerprint density at radius 1 is 1.11 bits per heavy atom. The zero-order valence-electron chi connectivity index (χ0n) is 15.8. The fourth-order valence-corrected chi connectivity index (χ4v) is 4.50. The van der Waals surface area contributed by atoms with Gasteiger partial charge in [-0.05, 0) is 43.1 Å². The third-order valence-electron chi connectivity index (χ3n) is 5.96. The number of fused-ring (bicyclic) bond motifs is 2. The largest absolute Gasteiger partial charge is 0.484 e. The quantitative estimate of drug-likeness (QED) is 0.753. The Kier molecular flexibility index (Phi) is 4.29. The predicted molar refractivity (Wildman–Crippen MR) is 104 cm³/mol. The van der Waals surface area contributed by atoms with E-state index in [0.717, 1.165) is 41.2 Å². The van der Waals surface area contributed by atoms with Gasteiger partial charge in [0.2, 0.25) is 0 Å². The molecule has 1 aliphatic heterocycles. The van der Waals surface area contributed by atoms with E-state index in [4.69, 9.17) is 10.5 Å². The first-order chi connectivity index (χ1) is 13.6. The summed E-state index contributed by atoms with van der Waals surface area (Å²) in [6, 6.07) is 12.0. The molecule has 4 atom stereocenters. The number of nitrogens with two attached hydrogens (primary N) is 1. The number of hydrogen-bond donors (Lipinski definition) is 1. The molecule has 2 N–H and O–H groups in total. The van der Waals surface area contributed by atoms with E-state index in [0.29, 0.717) is 13.0 Å². The smallest absolute Gasteiger partial charge is 0.161 e. The third-order valence-corrected chi connectivity index (χ3v) is 5.96. The van der Waals surface area contributed by atoms with E-state index in [-0.39, 0.29) is 18.2 Å². The van der Waals surface area contributed by atoms with E-state index in [9.17, 15) is 4.39 Å². The Balaban J connectivity index is 1.46. The van der Waals surface area contributed by atoms with Crippen LogP contribution in [0.1, 0.15) is 54.4 Å². The molecule has 2 aliphatic rings. The fraction of sp³-hybridized carbons (Fsp3) is 0.429. The summed E-state index contributed by atoms with van der Waals surface area (Å²) < 4.78 is 22.1. The maximum absolute atomic E-state index is 13.8. The second-order valence-corrected chi connectivity index (χ2v) is 7.86. The van der Waals surface area contributed by atoms with Gasteiger partial charge in [0.1, 0.15) is 18.0 Å². The van der Waals surface area contributed by atoms with E-state index in [1.165, 1.54) is 0 Å². The molecule has 28 heavy (non-hydrogen) atoms. The number of nitrogens with zero attached hydrogens (tertiary/aromatic N) is 4. The number of pyridine rings is 1. The van der Waals surface area contributed by atoms with Gasteiger partial charge in [0.25, 0.3) is 0 Å². The van der Waals surface area contributed by atoms with Crippen LogP contribution in [0.15, 0.2) is 42.6 Å². The summed E-state index contributed by atoms with van der Waals surface area (Å²) in [4.78, 5) is 1.99. The molecule has 1 saturated heterocycles. The number of halogens is 1. The van der Waals surface area contributed by atoms with Crippen LogP contribution in [0, 0.1) is 0 Å². The summed E-state index contributed by atoms with van der Waals surface area (Å²) >= 11 is 0. The topological polar surface area (TPSA) is 68.7 Å². The number of hydrogen-bond acceptors (Lipinski definition) is 5. The molecule has 6 nitrogen and oxygen atoms in total. The highest BCUT2D eigenvalue weighted by Crippen LogP contribution is 2.38. The molecular formula is C21H24FN5O. The van der Waals surface area contributed by atoms with Crippen LogP contribution in [0.5, 0.6) is 5.75 Å². The average Bonchev–Trinajstić information content (AvgIpc) is 3.26. The number of benzene rings is 1. The molecule has 0 saturated carbocycles. The minimum Gasteiger partial charge on any atom is -0.484 e. The van der Waals surface area contributed by atoms with Gasteiger partial charge in [-0.3, -0.25) is 9.30 Å². The molecule has 1 fully saturated rings. The first-order valence-electron chi connectivity index (χ1n) is 9.80. The molecule has 146 valence electrons. The molecule has 3 aromatic rings. The molecule has 1 aromatic carbocycles. The predicted octanol–water partition coefficient (Wildman–Crippen LogP) is 3.36. The molecule has 2 aromatic heterocycles. The molecule has 3 heterocycles. The van der Waals surface area contributed by atoms with Gasteiger partial charge in [-0.1, -0.05) is 24.3 Å². The highest BCUT2D eigenvalue weighted by molar-refractivity contribution is 5.42. The van der Waals surface area contributed by atoms with Crippen LogP contribution in [-0.4, -0.2) is 39.3 Å². The minimum atomic E-state index is -0.829. The number of rotatable bonds is 3. The Labute approximate surface area is 163 Å². The van der Waals surface area contributed by atoms with Gasteiger partial charge in [0.05, 0.1) is 12.2 Å². The maximum Gasteiger partial charge on any atom is 0.161 e. The summed E-state index contributed by atoms with van der Waals surface area (Å²) in [7, 11) is 1.92. The lowest BCUT2D eigenvalue weighted by molar-refractivity contribution is 0.176. The molecule has 7 heteroatoms. The van der Waals surface area contributed by atoms with Gasteiger partial charge in [0.15, 0.2) is 11.5 Å². The fourth-order valence-electron chi connectivity index (χ4n) is 4.50. The van der Waals surface area contributed by atoms with E-state index < -0.39 is 6.17 Å². The van der Waals surface area contributed by atoms with Crippen LogP contribution in [-0.2, 0) is 0 Å². The van der Waals surface area contributed by atoms with Gasteiger partial charge in [0, 0.05) is 19.0 Å². The van der Waals surface area contributed by atoms with E-state index in [1.807, 2.05) is 46.8 Å². The van der Waals surface area contributed by atoms with Crippen molar-refractivity contribution < 1.29 is 9.13 Å². The maximum atomic E-state index is 13.8. The normalized spacial score (nSPS) is 27.8. The van der Waals surface area contributed by atoms with E-state index in [1.54, 1.807) is 0 Å². The minimum absolute atomic E-state index is 0.0299. The van der Waals surface area contributed by atoms with Crippen molar-refractivity contribution in [2.45, 2.75) is 43.6 Å². The average molecular weight is 381 g/mol. The van der Waals surface area contributed by atoms with Crippen molar-refractivity contribution in [1.82, 2.24) is 19.5 Å². The Hall–Kier alpha value is -2.51. The van der Waals surface area contributed by atoms with Gasteiger partial charge < -0.3 is 10.5 Å². The van der Waals surface area contributed by atoms with Crippen LogP contribution < -0.4 is 10.5 Å². The summed E-state index contributed by atoms with van der Waals surface area (Å²) in [5.41, 5.74) is 9.32. The zero-order valence-corrected chi connectivity index (χ0v) is 15.8. The zero-order chi connectivity index (χ0) is 19.3. The Morgan fingerprint density at radius 3 is 2.71 bits per heavy atom. The van der Waals surface area contributed by atoms with E-state index >= 15 is 0 Å². The van der Waals surface area contributed by atoms with Crippen LogP contribution in [0.2, 0.25) is 0 Å². The Morgan fingerprint density at radius 2 is 1.93 bits per heavy atom. The van der Waals surface area contributed by atoms with Crippen molar-refractivity contribution >= 4 is 5.65 Å². The SMILES string of the molecule is CN1C[C@H](F)C[C@H]1c1nnc2ccc(O[C@@H]3CC[C@H](N)c4ccccc43)cn12. The number of likely N-dealkylation sites (tertiary alicyclic amines) is 1. The van der Waals surface area contributed by atoms with Gasteiger partial charge in [-0.25, -0.2) is 4.39 Å². The monoisotopic (exact) mass is 381 g/mol. The van der Waals surface area contributed by atoms with Crippen molar-refractivity contribution in [2.75, 3.05) is 13.6 Å². The number of alkyl halides is 1. The lowest BCUT2D eigenvalue weighted by Crippen LogP contribution is -2.23. The lowest BCUT2D eigenvalue weighted by Gasteiger charge is -2.30. The van der Waals surface area contributed by atoms with Crippen LogP contribution in [0.3, 0.4) is 0 Å². The van der Waals surface area contributed by atoms with Crippen molar-refractivity contribution in [1.29, 1.82) is 0 Å². The first-order valence-corrected chi connectivity index (χ1v) is 9.80. The second kappa shape index (κ2) is 6.83. The summed E-state index contributed by atoms with van der Waals surface area (Å²) in [6.45, 7) is 0.425. The molecular weight excluding hydrogens is 357 g/mol. The molecule has 0 radical (unpaired) electrons. The van der Waals surface area contributed by atoms with Gasteiger partial charge in [-0.2, -0.15) is 0 Å².